The van der Waals surface area contributed by atoms with Gasteiger partial charge in [0.1, 0.15) is 6.54 Å². The van der Waals surface area contributed by atoms with E-state index in [9.17, 15) is 0 Å². The summed E-state index contributed by atoms with van der Waals surface area (Å²) in [7, 11) is 0. The van der Waals surface area contributed by atoms with Gasteiger partial charge in [0.25, 0.3) is 0 Å². The Balaban J connectivity index is 1.47. The van der Waals surface area contributed by atoms with Crippen molar-refractivity contribution in [1.29, 1.82) is 0 Å². The van der Waals surface area contributed by atoms with Gasteiger partial charge in [-0.3, -0.25) is 0 Å². The molecule has 0 bridgehead atoms. The zero-order chi connectivity index (χ0) is 15.9. The van der Waals surface area contributed by atoms with Crippen LogP contribution in [-0.4, -0.2) is 32.5 Å². The lowest BCUT2D eigenvalue weighted by atomic mass is 10.2. The molecule has 0 spiro atoms. The van der Waals surface area contributed by atoms with Crippen molar-refractivity contribution in [2.45, 2.75) is 11.7 Å². The predicted molar refractivity (Wildman–Crippen MR) is 94.5 cm³/mol. The molecular formula is C16H17BrN5S+. The summed E-state index contributed by atoms with van der Waals surface area (Å²) in [5, 5.41) is 15.1. The van der Waals surface area contributed by atoms with Crippen LogP contribution in [0.1, 0.15) is 5.56 Å². The average Bonchev–Trinajstić information content (AvgIpc) is 3.04. The van der Waals surface area contributed by atoms with E-state index in [-0.39, 0.29) is 0 Å². The third kappa shape index (κ3) is 4.63. The Morgan fingerprint density at radius 2 is 1.96 bits per heavy atom. The van der Waals surface area contributed by atoms with E-state index in [4.69, 9.17) is 0 Å². The Morgan fingerprint density at radius 3 is 2.78 bits per heavy atom. The van der Waals surface area contributed by atoms with E-state index >= 15 is 0 Å². The topological polar surface area (TPSA) is 60.2 Å². The molecule has 0 radical (unpaired) electrons. The number of tetrazole rings is 1. The van der Waals surface area contributed by atoms with Crippen molar-refractivity contribution in [3.05, 3.63) is 64.6 Å². The second-order valence-corrected chi connectivity index (χ2v) is 6.95. The molecule has 0 unspecified atom stereocenters. The second-order valence-electron chi connectivity index (χ2n) is 4.97. The van der Waals surface area contributed by atoms with E-state index in [1.54, 1.807) is 16.4 Å². The number of hydrogen-bond donors (Lipinski definition) is 1. The number of nitrogens with two attached hydrogens (primary N) is 1. The molecule has 0 aliphatic rings. The summed E-state index contributed by atoms with van der Waals surface area (Å²) in [4.78, 5) is 0. The number of para-hydroxylation sites is 1. The van der Waals surface area contributed by atoms with Crippen LogP contribution in [0.2, 0.25) is 0 Å². The number of nitrogens with zero attached hydrogens (tertiary/aromatic N) is 4. The molecule has 0 amide bonds. The van der Waals surface area contributed by atoms with Gasteiger partial charge in [-0.25, -0.2) is 0 Å². The Kier molecular flexibility index (Phi) is 5.79. The summed E-state index contributed by atoms with van der Waals surface area (Å²) in [5.74, 6) is 0.960. The fourth-order valence-electron chi connectivity index (χ4n) is 2.17. The van der Waals surface area contributed by atoms with Crippen LogP contribution in [0.5, 0.6) is 0 Å². The average molecular weight is 391 g/mol. The van der Waals surface area contributed by atoms with Crippen LogP contribution in [0.25, 0.3) is 5.69 Å². The van der Waals surface area contributed by atoms with Crippen LogP contribution < -0.4 is 5.32 Å². The number of quaternary nitrogens is 1. The molecule has 0 saturated carbocycles. The first-order valence-corrected chi connectivity index (χ1v) is 9.13. The third-order valence-electron chi connectivity index (χ3n) is 3.26. The van der Waals surface area contributed by atoms with Crippen LogP contribution in [0.4, 0.5) is 0 Å². The minimum Gasteiger partial charge on any atom is -0.342 e. The zero-order valence-corrected chi connectivity index (χ0v) is 14.9. The van der Waals surface area contributed by atoms with E-state index in [1.165, 1.54) is 5.56 Å². The monoisotopic (exact) mass is 390 g/mol. The fourth-order valence-corrected chi connectivity index (χ4v) is 3.44. The SMILES string of the molecule is Brc1cccc(C[NH2+]CCSc2nnnn2-c2ccccc2)c1. The highest BCUT2D eigenvalue weighted by Gasteiger charge is 2.08. The summed E-state index contributed by atoms with van der Waals surface area (Å²) in [6, 6.07) is 18.4. The van der Waals surface area contributed by atoms with Crippen molar-refractivity contribution >= 4 is 27.7 Å². The van der Waals surface area contributed by atoms with Gasteiger partial charge >= 0.3 is 0 Å². The molecule has 2 aromatic carbocycles. The number of aromatic nitrogens is 4. The van der Waals surface area contributed by atoms with E-state index in [0.717, 1.165) is 34.2 Å². The van der Waals surface area contributed by atoms with Crippen molar-refractivity contribution in [2.24, 2.45) is 0 Å². The molecule has 7 heteroatoms. The molecule has 2 N–H and O–H groups in total. The second kappa shape index (κ2) is 8.24. The van der Waals surface area contributed by atoms with Gasteiger partial charge < -0.3 is 5.32 Å². The first kappa shape index (κ1) is 16.2. The van der Waals surface area contributed by atoms with E-state index < -0.39 is 0 Å². The lowest BCUT2D eigenvalue weighted by molar-refractivity contribution is -0.666. The van der Waals surface area contributed by atoms with Crippen molar-refractivity contribution in [3.63, 3.8) is 0 Å². The molecule has 0 atom stereocenters. The summed E-state index contributed by atoms with van der Waals surface area (Å²) in [5.41, 5.74) is 2.30. The van der Waals surface area contributed by atoms with Crippen LogP contribution in [-0.2, 0) is 6.54 Å². The molecule has 3 rings (SSSR count). The molecule has 23 heavy (non-hydrogen) atoms. The van der Waals surface area contributed by atoms with E-state index in [2.05, 4.69) is 55.0 Å². The summed E-state index contributed by atoms with van der Waals surface area (Å²) >= 11 is 5.17. The molecule has 0 aliphatic carbocycles. The highest BCUT2D eigenvalue weighted by molar-refractivity contribution is 9.10. The highest BCUT2D eigenvalue weighted by atomic mass is 79.9. The highest BCUT2D eigenvalue weighted by Crippen LogP contribution is 2.16. The van der Waals surface area contributed by atoms with Crippen molar-refractivity contribution in [3.8, 4) is 5.69 Å². The number of hydrogen-bond acceptors (Lipinski definition) is 4. The molecule has 3 aromatic rings. The van der Waals surface area contributed by atoms with E-state index in [1.807, 2.05) is 36.4 Å². The zero-order valence-electron chi connectivity index (χ0n) is 12.5. The Bertz CT molecular complexity index is 747. The molecule has 5 nitrogen and oxygen atoms in total. The Hall–Kier alpha value is -1.70. The van der Waals surface area contributed by atoms with Gasteiger partial charge in [0.2, 0.25) is 5.16 Å². The number of thioether (sulfide) groups is 1. The summed E-state index contributed by atoms with van der Waals surface area (Å²) in [6.45, 7) is 1.99. The quantitative estimate of drug-likeness (QED) is 0.496. The first-order valence-electron chi connectivity index (χ1n) is 7.35. The van der Waals surface area contributed by atoms with E-state index in [0.29, 0.717) is 0 Å². The van der Waals surface area contributed by atoms with Gasteiger partial charge in [-0.05, 0) is 34.7 Å². The lowest BCUT2D eigenvalue weighted by Crippen LogP contribution is -2.83. The van der Waals surface area contributed by atoms with Crippen LogP contribution in [0, 0.1) is 0 Å². The van der Waals surface area contributed by atoms with Crippen molar-refractivity contribution < 1.29 is 5.32 Å². The molecule has 0 fully saturated rings. The number of benzene rings is 2. The Morgan fingerprint density at radius 1 is 1.09 bits per heavy atom. The normalized spacial score (nSPS) is 10.8. The molecule has 1 heterocycles. The maximum Gasteiger partial charge on any atom is 0.214 e. The minimum absolute atomic E-state index is 0.826. The first-order chi connectivity index (χ1) is 11.3. The van der Waals surface area contributed by atoms with Crippen LogP contribution in [0.15, 0.2) is 64.2 Å². The molecular weight excluding hydrogens is 374 g/mol. The summed E-state index contributed by atoms with van der Waals surface area (Å²) in [6.07, 6.45) is 0. The maximum absolute atomic E-state index is 4.10. The van der Waals surface area contributed by atoms with Gasteiger partial charge in [-0.15, -0.1) is 5.10 Å². The van der Waals surface area contributed by atoms with Crippen LogP contribution >= 0.6 is 27.7 Å². The smallest absolute Gasteiger partial charge is 0.214 e. The maximum atomic E-state index is 4.10. The number of halogens is 1. The van der Waals surface area contributed by atoms with Crippen LogP contribution in [0.3, 0.4) is 0 Å². The standard InChI is InChI=1S/C16H16BrN5S/c17-14-6-4-5-13(11-14)12-18-9-10-23-16-19-20-21-22(16)15-7-2-1-3-8-15/h1-8,11,18H,9-10,12H2/p+1. The van der Waals surface area contributed by atoms with Gasteiger partial charge in [0.05, 0.1) is 18.0 Å². The molecule has 118 valence electrons. The fraction of sp³-hybridized carbons (Fsp3) is 0.188. The van der Waals surface area contributed by atoms with Gasteiger partial charge in [0, 0.05) is 10.0 Å². The van der Waals surface area contributed by atoms with Gasteiger partial charge in [0.15, 0.2) is 0 Å². The summed E-state index contributed by atoms with van der Waals surface area (Å²) < 4.78 is 2.90. The predicted octanol–water partition coefficient (Wildman–Crippen LogP) is 2.28. The van der Waals surface area contributed by atoms with Gasteiger partial charge in [-0.1, -0.05) is 58.0 Å². The molecule has 1 aromatic heterocycles. The largest absolute Gasteiger partial charge is 0.342 e. The lowest BCUT2D eigenvalue weighted by Gasteiger charge is -2.04. The number of rotatable bonds is 7. The van der Waals surface area contributed by atoms with Crippen molar-refractivity contribution in [2.75, 3.05) is 12.3 Å². The minimum atomic E-state index is 0.826. The molecule has 0 saturated heterocycles. The Labute approximate surface area is 147 Å². The third-order valence-corrected chi connectivity index (χ3v) is 4.71. The van der Waals surface area contributed by atoms with Crippen molar-refractivity contribution in [1.82, 2.24) is 20.2 Å². The van der Waals surface area contributed by atoms with Gasteiger partial charge in [-0.2, -0.15) is 4.68 Å². The molecule has 0 aliphatic heterocycles.